The second-order valence-corrected chi connectivity index (χ2v) is 7.16. The fraction of sp³-hybridized carbons (Fsp3) is 0.273. The summed E-state index contributed by atoms with van der Waals surface area (Å²) in [5, 5.41) is 13.6. The van der Waals surface area contributed by atoms with Crippen LogP contribution in [0.3, 0.4) is 0 Å². The number of hydrogen-bond donors (Lipinski definition) is 2. The number of aromatic nitrogens is 2. The molecule has 2 N–H and O–H groups in total. The standard InChI is InChI=1S/C22H24N4O2S/c1-2-28-17-10-8-16(9-11-17)25-13-5-7-19(25)21-20(18-6-3-4-12-23-18)24-22(29)26(21)14-15-27/h3-13,20-21,27H,2,14-15H2,1H3,(H,24,29)/t20-,21+/m0/s1. The number of aliphatic hydroxyl groups excluding tert-OH is 1. The molecule has 0 unspecified atom stereocenters. The van der Waals surface area contributed by atoms with Gasteiger partial charge in [-0.05, 0) is 67.7 Å². The normalized spacial score (nSPS) is 18.7. The summed E-state index contributed by atoms with van der Waals surface area (Å²) in [6, 6.07) is 17.8. The first-order valence-electron chi connectivity index (χ1n) is 9.72. The summed E-state index contributed by atoms with van der Waals surface area (Å²) in [5.74, 6) is 0.849. The Morgan fingerprint density at radius 3 is 2.66 bits per heavy atom. The van der Waals surface area contributed by atoms with Gasteiger partial charge >= 0.3 is 0 Å². The summed E-state index contributed by atoms with van der Waals surface area (Å²) in [7, 11) is 0. The number of nitrogens with one attached hydrogen (secondary N) is 1. The Morgan fingerprint density at radius 1 is 1.14 bits per heavy atom. The van der Waals surface area contributed by atoms with Crippen LogP contribution in [0.2, 0.25) is 0 Å². The van der Waals surface area contributed by atoms with Gasteiger partial charge in [0.15, 0.2) is 5.11 Å². The van der Waals surface area contributed by atoms with E-state index >= 15 is 0 Å². The maximum atomic E-state index is 9.62. The number of thiocarbonyl (C=S) groups is 1. The van der Waals surface area contributed by atoms with Crippen molar-refractivity contribution in [3.63, 3.8) is 0 Å². The molecular formula is C22H24N4O2S. The summed E-state index contributed by atoms with van der Waals surface area (Å²) >= 11 is 5.59. The molecule has 0 saturated carbocycles. The van der Waals surface area contributed by atoms with E-state index in [0.717, 1.165) is 22.8 Å². The lowest BCUT2D eigenvalue weighted by atomic mass is 10.0. The highest BCUT2D eigenvalue weighted by molar-refractivity contribution is 7.80. The number of benzene rings is 1. The minimum Gasteiger partial charge on any atom is -0.494 e. The summed E-state index contributed by atoms with van der Waals surface area (Å²) in [6.45, 7) is 3.09. The van der Waals surface area contributed by atoms with E-state index in [1.165, 1.54) is 0 Å². The third-order valence-corrected chi connectivity index (χ3v) is 5.40. The van der Waals surface area contributed by atoms with Crippen LogP contribution in [0, 0.1) is 0 Å². The summed E-state index contributed by atoms with van der Waals surface area (Å²) in [6.07, 6.45) is 3.83. The van der Waals surface area contributed by atoms with E-state index in [1.807, 2.05) is 66.6 Å². The molecule has 0 radical (unpaired) electrons. The molecule has 6 nitrogen and oxygen atoms in total. The van der Waals surface area contributed by atoms with Crippen molar-refractivity contribution >= 4 is 17.3 Å². The maximum Gasteiger partial charge on any atom is 0.170 e. The predicted octanol–water partition coefficient (Wildman–Crippen LogP) is 3.24. The quantitative estimate of drug-likeness (QED) is 0.586. The molecule has 0 spiro atoms. The lowest BCUT2D eigenvalue weighted by Crippen LogP contribution is -2.32. The van der Waals surface area contributed by atoms with E-state index in [4.69, 9.17) is 17.0 Å². The first-order valence-corrected chi connectivity index (χ1v) is 10.1. The molecule has 29 heavy (non-hydrogen) atoms. The van der Waals surface area contributed by atoms with Crippen LogP contribution in [0.15, 0.2) is 67.0 Å². The van der Waals surface area contributed by atoms with E-state index in [-0.39, 0.29) is 18.7 Å². The maximum absolute atomic E-state index is 9.62. The second-order valence-electron chi connectivity index (χ2n) is 6.77. The highest BCUT2D eigenvalue weighted by atomic mass is 32.1. The lowest BCUT2D eigenvalue weighted by Gasteiger charge is -2.28. The Morgan fingerprint density at radius 2 is 1.97 bits per heavy atom. The van der Waals surface area contributed by atoms with Crippen LogP contribution >= 0.6 is 12.2 Å². The first-order chi connectivity index (χ1) is 14.2. The van der Waals surface area contributed by atoms with Crippen LogP contribution in [-0.2, 0) is 0 Å². The molecule has 1 aromatic carbocycles. The Hall–Kier alpha value is -2.90. The van der Waals surface area contributed by atoms with Gasteiger partial charge in [0.25, 0.3) is 0 Å². The molecule has 0 aliphatic carbocycles. The number of nitrogens with zero attached hydrogens (tertiary/aromatic N) is 3. The fourth-order valence-corrected chi connectivity index (χ4v) is 4.15. The third-order valence-electron chi connectivity index (χ3n) is 5.05. The van der Waals surface area contributed by atoms with E-state index in [2.05, 4.69) is 20.9 Å². The van der Waals surface area contributed by atoms with Gasteiger partial charge in [0, 0.05) is 30.3 Å². The molecule has 7 heteroatoms. The van der Waals surface area contributed by atoms with Gasteiger partial charge in [-0.25, -0.2) is 0 Å². The highest BCUT2D eigenvalue weighted by Gasteiger charge is 2.40. The van der Waals surface area contributed by atoms with Crippen molar-refractivity contribution in [1.82, 2.24) is 19.8 Å². The number of hydrogen-bond acceptors (Lipinski definition) is 4. The summed E-state index contributed by atoms with van der Waals surface area (Å²) < 4.78 is 7.71. The zero-order chi connectivity index (χ0) is 20.2. The van der Waals surface area contributed by atoms with Gasteiger partial charge in [0.05, 0.1) is 31.0 Å². The zero-order valence-electron chi connectivity index (χ0n) is 16.2. The minimum atomic E-state index is -0.105. The smallest absolute Gasteiger partial charge is 0.170 e. The number of β-amino-alcohol motifs (C(OH)–C–C–N with tert-alkyl or cyclic N) is 1. The Labute approximate surface area is 175 Å². The Kier molecular flexibility index (Phi) is 5.78. The van der Waals surface area contributed by atoms with Crippen LogP contribution < -0.4 is 10.1 Å². The monoisotopic (exact) mass is 408 g/mol. The van der Waals surface area contributed by atoms with Crippen molar-refractivity contribution < 1.29 is 9.84 Å². The minimum absolute atomic E-state index is 0.0248. The van der Waals surface area contributed by atoms with Gasteiger partial charge in [-0.3, -0.25) is 4.98 Å². The molecule has 1 aliphatic rings. The first kappa shape index (κ1) is 19.4. The highest BCUT2D eigenvalue weighted by Crippen LogP contribution is 2.39. The van der Waals surface area contributed by atoms with Crippen LogP contribution in [0.4, 0.5) is 0 Å². The summed E-state index contributed by atoms with van der Waals surface area (Å²) in [4.78, 5) is 6.58. The van der Waals surface area contributed by atoms with Gasteiger partial charge < -0.3 is 24.6 Å². The van der Waals surface area contributed by atoms with E-state index in [9.17, 15) is 5.11 Å². The van der Waals surface area contributed by atoms with Crippen LogP contribution in [0.1, 0.15) is 30.4 Å². The molecule has 1 saturated heterocycles. The summed E-state index contributed by atoms with van der Waals surface area (Å²) in [5.41, 5.74) is 3.03. The molecule has 0 bridgehead atoms. The third kappa shape index (κ3) is 3.83. The second kappa shape index (κ2) is 8.63. The molecule has 3 heterocycles. The Bertz CT molecular complexity index is 958. The fourth-order valence-electron chi connectivity index (χ4n) is 3.82. The molecule has 1 aliphatic heterocycles. The number of rotatable bonds is 7. The van der Waals surface area contributed by atoms with Crippen molar-refractivity contribution in [3.05, 3.63) is 78.4 Å². The van der Waals surface area contributed by atoms with Crippen LogP contribution in [0.25, 0.3) is 5.69 Å². The predicted molar refractivity (Wildman–Crippen MR) is 116 cm³/mol. The topological polar surface area (TPSA) is 62.5 Å². The molecule has 2 aromatic heterocycles. The number of pyridine rings is 1. The largest absolute Gasteiger partial charge is 0.494 e. The van der Waals surface area contributed by atoms with Gasteiger partial charge in [0.2, 0.25) is 0 Å². The van der Waals surface area contributed by atoms with Crippen LogP contribution in [-0.4, -0.2) is 44.4 Å². The van der Waals surface area contributed by atoms with E-state index < -0.39 is 0 Å². The van der Waals surface area contributed by atoms with Gasteiger partial charge in [-0.15, -0.1) is 0 Å². The molecule has 3 aromatic rings. The zero-order valence-corrected chi connectivity index (χ0v) is 17.0. The van der Waals surface area contributed by atoms with Crippen molar-refractivity contribution in [3.8, 4) is 11.4 Å². The van der Waals surface area contributed by atoms with Crippen LogP contribution in [0.5, 0.6) is 5.75 Å². The molecule has 150 valence electrons. The molecule has 4 rings (SSSR count). The molecular weight excluding hydrogens is 384 g/mol. The molecule has 2 atom stereocenters. The van der Waals surface area contributed by atoms with Gasteiger partial charge in [-0.1, -0.05) is 6.07 Å². The molecule has 1 fully saturated rings. The van der Waals surface area contributed by atoms with E-state index in [0.29, 0.717) is 18.3 Å². The van der Waals surface area contributed by atoms with Crippen molar-refractivity contribution in [2.45, 2.75) is 19.0 Å². The average Bonchev–Trinajstić information content (AvgIpc) is 3.35. The van der Waals surface area contributed by atoms with E-state index in [1.54, 1.807) is 6.20 Å². The lowest BCUT2D eigenvalue weighted by molar-refractivity contribution is 0.220. The van der Waals surface area contributed by atoms with Gasteiger partial charge in [0.1, 0.15) is 5.75 Å². The SMILES string of the molecule is CCOc1ccc(-n2cccc2[C@@H]2[C@H](c3ccccn3)NC(=S)N2CCO)cc1. The van der Waals surface area contributed by atoms with Gasteiger partial charge in [-0.2, -0.15) is 0 Å². The van der Waals surface area contributed by atoms with Crippen molar-refractivity contribution in [2.24, 2.45) is 0 Å². The molecule has 0 amide bonds. The Balaban J connectivity index is 1.74. The number of ether oxygens (including phenoxy) is 1. The van der Waals surface area contributed by atoms with Crippen molar-refractivity contribution in [1.29, 1.82) is 0 Å². The van der Waals surface area contributed by atoms with Crippen molar-refractivity contribution in [2.75, 3.05) is 19.8 Å². The number of aliphatic hydroxyl groups is 1. The average molecular weight is 409 g/mol.